The fourth-order valence-electron chi connectivity index (χ4n) is 1.79. The number of nitro benzene ring substituents is 1. The Kier molecular flexibility index (Phi) is 5.78. The molecule has 0 bridgehead atoms. The van der Waals surface area contributed by atoms with Crippen molar-refractivity contribution in [2.45, 2.75) is 25.2 Å². The van der Waals surface area contributed by atoms with Crippen molar-refractivity contribution in [1.82, 2.24) is 0 Å². The summed E-state index contributed by atoms with van der Waals surface area (Å²) in [6.45, 7) is 1.50. The largest absolute Gasteiger partial charge is 0.480 e. The summed E-state index contributed by atoms with van der Waals surface area (Å²) in [7, 11) is -4.17. The lowest BCUT2D eigenvalue weighted by molar-refractivity contribution is -0.385. The Hall–Kier alpha value is -1.80. The van der Waals surface area contributed by atoms with Gasteiger partial charge in [0.25, 0.3) is 5.69 Å². The molecule has 1 aromatic carbocycles. The maximum Gasteiger partial charge on any atom is 0.320 e. The lowest BCUT2D eigenvalue weighted by atomic mass is 10.1. The number of rotatable bonds is 7. The van der Waals surface area contributed by atoms with Crippen LogP contribution in [0.2, 0.25) is 0 Å². The average Bonchev–Trinajstić information content (AvgIpc) is 2.44. The van der Waals surface area contributed by atoms with Gasteiger partial charge < -0.3 is 20.8 Å². The van der Waals surface area contributed by atoms with Crippen LogP contribution in [0.25, 0.3) is 0 Å². The third-order valence-electron chi connectivity index (χ3n) is 3.19. The molecule has 122 valence electrons. The zero-order chi connectivity index (χ0) is 17.1. The minimum absolute atomic E-state index is 0.0768. The van der Waals surface area contributed by atoms with Gasteiger partial charge in [0.05, 0.1) is 4.92 Å². The van der Waals surface area contributed by atoms with E-state index < -0.39 is 36.3 Å². The third-order valence-corrected chi connectivity index (χ3v) is 5.15. The second-order valence-electron chi connectivity index (χ2n) is 4.89. The van der Waals surface area contributed by atoms with Crippen LogP contribution in [0.1, 0.15) is 23.4 Å². The summed E-state index contributed by atoms with van der Waals surface area (Å²) in [5.74, 6) is -3.16. The molecule has 10 heteroatoms. The first kappa shape index (κ1) is 18.2. The van der Waals surface area contributed by atoms with E-state index in [1.807, 2.05) is 0 Å². The van der Waals surface area contributed by atoms with Gasteiger partial charge >= 0.3 is 5.97 Å². The Labute approximate surface area is 126 Å². The molecule has 0 fully saturated rings. The first-order valence-corrected chi connectivity index (χ1v) is 8.20. The topological polar surface area (TPSA) is 164 Å². The van der Waals surface area contributed by atoms with E-state index in [9.17, 15) is 29.5 Å². The Morgan fingerprint density at radius 3 is 2.59 bits per heavy atom. The van der Waals surface area contributed by atoms with Crippen LogP contribution in [-0.2, 0) is 9.36 Å². The minimum atomic E-state index is -4.17. The molecule has 9 nitrogen and oxygen atoms in total. The van der Waals surface area contributed by atoms with Crippen LogP contribution in [0.3, 0.4) is 0 Å². The smallest absolute Gasteiger partial charge is 0.320 e. The van der Waals surface area contributed by atoms with Crippen molar-refractivity contribution in [3.63, 3.8) is 0 Å². The van der Waals surface area contributed by atoms with E-state index in [0.717, 1.165) is 6.07 Å². The summed E-state index contributed by atoms with van der Waals surface area (Å²) in [6, 6.07) is 2.38. The zero-order valence-corrected chi connectivity index (χ0v) is 12.6. The summed E-state index contributed by atoms with van der Waals surface area (Å²) in [5, 5.41) is 29.4. The molecule has 2 unspecified atom stereocenters. The SMILES string of the molecule is Cc1ccc(C(O)P(=O)(O)CC[C@H](N)C(=O)O)cc1[N+](=O)[O-]. The molecular formula is C12H17N2O7P. The first-order valence-electron chi connectivity index (χ1n) is 6.29. The second-order valence-corrected chi connectivity index (χ2v) is 7.34. The first-order chi connectivity index (χ1) is 10.1. The fourth-order valence-corrected chi connectivity index (χ4v) is 3.31. The van der Waals surface area contributed by atoms with E-state index >= 15 is 0 Å². The van der Waals surface area contributed by atoms with Crippen molar-refractivity contribution >= 4 is 19.0 Å². The predicted molar refractivity (Wildman–Crippen MR) is 77.7 cm³/mol. The standard InChI is InChI=1S/C12H17N2O7P/c1-7-2-3-8(6-10(7)14(18)19)12(17)22(20,21)5-4-9(13)11(15)16/h2-3,6,9,12,17H,4-5,13H2,1H3,(H,15,16)(H,20,21)/t9-,12?/m0/s1. The van der Waals surface area contributed by atoms with Gasteiger partial charge in [0, 0.05) is 17.8 Å². The number of aliphatic hydroxyl groups excluding tert-OH is 1. The highest BCUT2D eigenvalue weighted by molar-refractivity contribution is 7.58. The number of aliphatic hydroxyl groups is 1. The lowest BCUT2D eigenvalue weighted by Crippen LogP contribution is -2.31. The van der Waals surface area contributed by atoms with E-state index in [1.54, 1.807) is 0 Å². The van der Waals surface area contributed by atoms with E-state index in [2.05, 4.69) is 0 Å². The monoisotopic (exact) mass is 332 g/mol. The van der Waals surface area contributed by atoms with Crippen LogP contribution < -0.4 is 5.73 Å². The Balaban J connectivity index is 2.96. The van der Waals surface area contributed by atoms with Crippen molar-refractivity contribution in [1.29, 1.82) is 0 Å². The number of aliphatic carboxylic acids is 1. The number of aryl methyl sites for hydroxylation is 1. The van der Waals surface area contributed by atoms with Gasteiger partial charge in [-0.2, -0.15) is 0 Å². The summed E-state index contributed by atoms with van der Waals surface area (Å²) in [5.41, 5.74) is 5.24. The number of nitro groups is 1. The summed E-state index contributed by atoms with van der Waals surface area (Å²) in [4.78, 5) is 30.6. The average molecular weight is 332 g/mol. The molecule has 0 aliphatic rings. The molecule has 0 aromatic heterocycles. The molecule has 1 aromatic rings. The van der Waals surface area contributed by atoms with Crippen molar-refractivity contribution in [3.8, 4) is 0 Å². The Morgan fingerprint density at radius 1 is 1.50 bits per heavy atom. The van der Waals surface area contributed by atoms with Crippen LogP contribution in [0.15, 0.2) is 18.2 Å². The van der Waals surface area contributed by atoms with Gasteiger partial charge in [-0.05, 0) is 18.9 Å². The van der Waals surface area contributed by atoms with Crippen molar-refractivity contribution in [3.05, 3.63) is 39.4 Å². The Bertz CT molecular complexity index is 634. The highest BCUT2D eigenvalue weighted by Crippen LogP contribution is 2.54. The lowest BCUT2D eigenvalue weighted by Gasteiger charge is -2.19. The number of hydrogen-bond acceptors (Lipinski definition) is 6. The molecule has 0 aliphatic carbocycles. The molecule has 5 N–H and O–H groups in total. The highest BCUT2D eigenvalue weighted by Gasteiger charge is 2.32. The molecule has 1 rings (SSSR count). The number of nitrogens with zero attached hydrogens (tertiary/aromatic N) is 1. The number of benzene rings is 1. The quantitative estimate of drug-likeness (QED) is 0.326. The van der Waals surface area contributed by atoms with E-state index in [0.29, 0.717) is 5.56 Å². The van der Waals surface area contributed by atoms with Crippen LogP contribution in [0.5, 0.6) is 0 Å². The van der Waals surface area contributed by atoms with Crippen LogP contribution >= 0.6 is 7.37 Å². The molecule has 0 saturated carbocycles. The van der Waals surface area contributed by atoms with Crippen LogP contribution in [0, 0.1) is 17.0 Å². The summed E-state index contributed by atoms with van der Waals surface area (Å²) in [6.07, 6.45) is -0.808. The number of carbonyl (C=O) groups is 1. The van der Waals surface area contributed by atoms with Gasteiger partial charge in [0.2, 0.25) is 7.37 Å². The molecule has 0 saturated heterocycles. The normalized spacial score (nSPS) is 16.5. The van der Waals surface area contributed by atoms with Gasteiger partial charge in [-0.15, -0.1) is 0 Å². The number of nitrogens with two attached hydrogens (primary N) is 1. The van der Waals surface area contributed by atoms with Gasteiger partial charge in [-0.3, -0.25) is 19.5 Å². The number of carboxylic acid groups (broad SMARTS) is 1. The van der Waals surface area contributed by atoms with Crippen molar-refractivity contribution in [2.75, 3.05) is 6.16 Å². The van der Waals surface area contributed by atoms with E-state index in [1.165, 1.54) is 19.1 Å². The molecule has 3 atom stereocenters. The maximum atomic E-state index is 12.1. The highest BCUT2D eigenvalue weighted by atomic mass is 31.2. The van der Waals surface area contributed by atoms with Gasteiger partial charge in [-0.25, -0.2) is 0 Å². The maximum absolute atomic E-state index is 12.1. The van der Waals surface area contributed by atoms with Crippen molar-refractivity contribution < 1.29 is 29.4 Å². The Morgan fingerprint density at radius 2 is 2.09 bits per heavy atom. The van der Waals surface area contributed by atoms with Gasteiger partial charge in [0.1, 0.15) is 6.04 Å². The third kappa shape index (κ3) is 4.35. The predicted octanol–water partition coefficient (Wildman–Crippen LogP) is 0.967. The van der Waals surface area contributed by atoms with Crippen LogP contribution in [0.4, 0.5) is 5.69 Å². The molecule has 22 heavy (non-hydrogen) atoms. The second kappa shape index (κ2) is 6.97. The molecule has 0 radical (unpaired) electrons. The van der Waals surface area contributed by atoms with E-state index in [-0.39, 0.29) is 17.7 Å². The molecule has 0 aliphatic heterocycles. The van der Waals surface area contributed by atoms with E-state index in [4.69, 9.17) is 10.8 Å². The van der Waals surface area contributed by atoms with Crippen molar-refractivity contribution in [2.24, 2.45) is 5.73 Å². The van der Waals surface area contributed by atoms with Gasteiger partial charge in [-0.1, -0.05) is 12.1 Å². The molecule has 0 amide bonds. The molecular weight excluding hydrogens is 315 g/mol. The molecule has 0 spiro atoms. The minimum Gasteiger partial charge on any atom is -0.480 e. The number of hydrogen-bond donors (Lipinski definition) is 4. The fraction of sp³-hybridized carbons (Fsp3) is 0.417. The summed E-state index contributed by atoms with van der Waals surface area (Å²) >= 11 is 0. The van der Waals surface area contributed by atoms with Crippen LogP contribution in [-0.4, -0.2) is 38.2 Å². The van der Waals surface area contributed by atoms with Gasteiger partial charge in [0.15, 0.2) is 5.85 Å². The number of carboxylic acids is 1. The zero-order valence-electron chi connectivity index (χ0n) is 11.7. The molecule has 0 heterocycles. The summed E-state index contributed by atoms with van der Waals surface area (Å²) < 4.78 is 12.1.